The molecule has 0 radical (unpaired) electrons. The van der Waals surface area contributed by atoms with E-state index in [4.69, 9.17) is 5.73 Å². The minimum Gasteiger partial charge on any atom is -0.330 e. The van der Waals surface area contributed by atoms with Crippen molar-refractivity contribution in [3.63, 3.8) is 0 Å². The first-order chi connectivity index (χ1) is 6.88. The number of unbranched alkanes of at least 4 members (excludes halogenated alkanes) is 1. The smallest absolute Gasteiger partial charge is 0.0107 e. The van der Waals surface area contributed by atoms with E-state index in [2.05, 4.69) is 11.5 Å². The molecule has 0 saturated carbocycles. The molecule has 1 fully saturated rings. The van der Waals surface area contributed by atoms with Crippen LogP contribution in [-0.2, 0) is 0 Å². The molecular formula is C12H24N2. The maximum absolute atomic E-state index is 5.63. The van der Waals surface area contributed by atoms with E-state index in [1.807, 2.05) is 6.08 Å². The first-order valence-corrected chi connectivity index (χ1v) is 5.93. The van der Waals surface area contributed by atoms with Crippen LogP contribution in [0.4, 0.5) is 0 Å². The van der Waals surface area contributed by atoms with Crippen LogP contribution in [0.1, 0.15) is 38.5 Å². The molecule has 82 valence electrons. The van der Waals surface area contributed by atoms with Crippen molar-refractivity contribution in [2.45, 2.75) is 44.6 Å². The van der Waals surface area contributed by atoms with E-state index >= 15 is 0 Å². The van der Waals surface area contributed by atoms with Gasteiger partial charge in [-0.25, -0.2) is 0 Å². The van der Waals surface area contributed by atoms with Gasteiger partial charge in [-0.05, 0) is 51.7 Å². The van der Waals surface area contributed by atoms with Crippen molar-refractivity contribution in [2.75, 3.05) is 19.6 Å². The predicted molar refractivity (Wildman–Crippen MR) is 62.3 cm³/mol. The highest BCUT2D eigenvalue weighted by molar-refractivity contribution is 4.78. The van der Waals surface area contributed by atoms with Gasteiger partial charge in [0.25, 0.3) is 0 Å². The number of allylic oxidation sites excluding steroid dienone is 1. The second kappa shape index (κ2) is 7.02. The third-order valence-corrected chi connectivity index (χ3v) is 3.10. The lowest BCUT2D eigenvalue weighted by Gasteiger charge is -2.35. The molecule has 0 aromatic carbocycles. The van der Waals surface area contributed by atoms with Gasteiger partial charge in [0.1, 0.15) is 0 Å². The molecule has 1 rings (SSSR count). The molecule has 1 heterocycles. The topological polar surface area (TPSA) is 29.3 Å². The Bertz CT molecular complexity index is 154. The number of piperidine rings is 1. The molecule has 0 bridgehead atoms. The van der Waals surface area contributed by atoms with Crippen molar-refractivity contribution in [3.05, 3.63) is 12.7 Å². The zero-order chi connectivity index (χ0) is 10.2. The van der Waals surface area contributed by atoms with Gasteiger partial charge in [-0.15, -0.1) is 6.58 Å². The first kappa shape index (κ1) is 11.7. The molecule has 1 saturated heterocycles. The Labute approximate surface area is 88.2 Å². The Hall–Kier alpha value is -0.340. The van der Waals surface area contributed by atoms with Crippen molar-refractivity contribution in [3.8, 4) is 0 Å². The Morgan fingerprint density at radius 1 is 1.43 bits per heavy atom. The standard InChI is InChI=1S/C12H24N2/c1-2-3-5-10-14-11-6-4-7-12(14)8-9-13/h2,12H,1,3-11,13H2. The fraction of sp³-hybridized carbons (Fsp3) is 0.833. The van der Waals surface area contributed by atoms with Crippen molar-refractivity contribution < 1.29 is 0 Å². The third kappa shape index (κ3) is 3.81. The SMILES string of the molecule is C=CCCCN1CCCCC1CCN. The molecule has 0 spiro atoms. The van der Waals surface area contributed by atoms with E-state index in [1.54, 1.807) is 0 Å². The van der Waals surface area contributed by atoms with E-state index in [0.717, 1.165) is 19.0 Å². The molecule has 0 aliphatic carbocycles. The van der Waals surface area contributed by atoms with Crippen molar-refractivity contribution >= 4 is 0 Å². The van der Waals surface area contributed by atoms with E-state index in [-0.39, 0.29) is 0 Å². The van der Waals surface area contributed by atoms with E-state index in [1.165, 1.54) is 45.2 Å². The Morgan fingerprint density at radius 2 is 2.29 bits per heavy atom. The molecule has 2 N–H and O–H groups in total. The molecule has 14 heavy (non-hydrogen) atoms. The van der Waals surface area contributed by atoms with Crippen LogP contribution in [0, 0.1) is 0 Å². The summed E-state index contributed by atoms with van der Waals surface area (Å²) in [5.41, 5.74) is 5.63. The highest BCUT2D eigenvalue weighted by Gasteiger charge is 2.20. The summed E-state index contributed by atoms with van der Waals surface area (Å²) in [5.74, 6) is 0. The minimum absolute atomic E-state index is 0.763. The van der Waals surface area contributed by atoms with Crippen molar-refractivity contribution in [1.29, 1.82) is 0 Å². The summed E-state index contributed by atoms with van der Waals surface area (Å²) >= 11 is 0. The van der Waals surface area contributed by atoms with Gasteiger partial charge in [-0.3, -0.25) is 0 Å². The summed E-state index contributed by atoms with van der Waals surface area (Å²) in [7, 11) is 0. The van der Waals surface area contributed by atoms with Gasteiger partial charge in [-0.2, -0.15) is 0 Å². The zero-order valence-electron chi connectivity index (χ0n) is 9.25. The Kier molecular flexibility index (Phi) is 5.88. The summed E-state index contributed by atoms with van der Waals surface area (Å²) in [5, 5.41) is 0. The van der Waals surface area contributed by atoms with E-state index in [0.29, 0.717) is 0 Å². The minimum atomic E-state index is 0.763. The third-order valence-electron chi connectivity index (χ3n) is 3.10. The quantitative estimate of drug-likeness (QED) is 0.521. The summed E-state index contributed by atoms with van der Waals surface area (Å²) in [6, 6.07) is 0.763. The van der Waals surface area contributed by atoms with Crippen LogP contribution >= 0.6 is 0 Å². The monoisotopic (exact) mass is 196 g/mol. The van der Waals surface area contributed by atoms with E-state index in [9.17, 15) is 0 Å². The van der Waals surface area contributed by atoms with Gasteiger partial charge in [0.05, 0.1) is 0 Å². The highest BCUT2D eigenvalue weighted by Crippen LogP contribution is 2.19. The number of likely N-dealkylation sites (tertiary alicyclic amines) is 1. The van der Waals surface area contributed by atoms with Crippen molar-refractivity contribution in [2.24, 2.45) is 5.73 Å². The maximum Gasteiger partial charge on any atom is 0.0107 e. The van der Waals surface area contributed by atoms with Crippen LogP contribution in [0.25, 0.3) is 0 Å². The van der Waals surface area contributed by atoms with Crippen LogP contribution in [0.2, 0.25) is 0 Å². The summed E-state index contributed by atoms with van der Waals surface area (Å²) in [6.07, 6.45) is 9.70. The molecule has 1 aliphatic rings. The molecule has 2 nitrogen and oxygen atoms in total. The number of hydrogen-bond donors (Lipinski definition) is 1. The van der Waals surface area contributed by atoms with Gasteiger partial charge < -0.3 is 10.6 Å². The molecule has 0 amide bonds. The molecular weight excluding hydrogens is 172 g/mol. The van der Waals surface area contributed by atoms with Gasteiger partial charge in [0.2, 0.25) is 0 Å². The van der Waals surface area contributed by atoms with Crippen LogP contribution in [0.3, 0.4) is 0 Å². The Morgan fingerprint density at radius 3 is 3.00 bits per heavy atom. The van der Waals surface area contributed by atoms with Crippen LogP contribution in [-0.4, -0.2) is 30.6 Å². The summed E-state index contributed by atoms with van der Waals surface area (Å²) in [6.45, 7) is 7.11. The fourth-order valence-corrected chi connectivity index (χ4v) is 2.31. The summed E-state index contributed by atoms with van der Waals surface area (Å²) < 4.78 is 0. The van der Waals surface area contributed by atoms with Gasteiger partial charge in [0, 0.05) is 6.04 Å². The lowest BCUT2D eigenvalue weighted by Crippen LogP contribution is -2.41. The van der Waals surface area contributed by atoms with Gasteiger partial charge >= 0.3 is 0 Å². The van der Waals surface area contributed by atoms with Crippen molar-refractivity contribution in [1.82, 2.24) is 4.90 Å². The lowest BCUT2D eigenvalue weighted by atomic mass is 9.99. The fourth-order valence-electron chi connectivity index (χ4n) is 2.31. The maximum atomic E-state index is 5.63. The largest absolute Gasteiger partial charge is 0.330 e. The zero-order valence-corrected chi connectivity index (χ0v) is 9.25. The van der Waals surface area contributed by atoms with Crippen LogP contribution in [0.5, 0.6) is 0 Å². The predicted octanol–water partition coefficient (Wildman–Crippen LogP) is 2.16. The Balaban J connectivity index is 2.26. The molecule has 0 aromatic heterocycles. The summed E-state index contributed by atoms with van der Waals surface area (Å²) in [4.78, 5) is 2.62. The molecule has 1 aliphatic heterocycles. The normalized spacial score (nSPS) is 23.6. The number of nitrogens with zero attached hydrogens (tertiary/aromatic N) is 1. The van der Waals surface area contributed by atoms with Gasteiger partial charge in [-0.1, -0.05) is 12.5 Å². The average molecular weight is 196 g/mol. The highest BCUT2D eigenvalue weighted by atomic mass is 15.2. The first-order valence-electron chi connectivity index (χ1n) is 5.93. The lowest BCUT2D eigenvalue weighted by molar-refractivity contribution is 0.141. The van der Waals surface area contributed by atoms with Crippen LogP contribution in [0.15, 0.2) is 12.7 Å². The number of hydrogen-bond acceptors (Lipinski definition) is 2. The number of nitrogens with two attached hydrogens (primary N) is 1. The molecule has 2 heteroatoms. The average Bonchev–Trinajstić information content (AvgIpc) is 2.21. The van der Waals surface area contributed by atoms with Crippen LogP contribution < -0.4 is 5.73 Å². The van der Waals surface area contributed by atoms with Gasteiger partial charge in [0.15, 0.2) is 0 Å². The second-order valence-electron chi connectivity index (χ2n) is 4.19. The number of rotatable bonds is 6. The van der Waals surface area contributed by atoms with E-state index < -0.39 is 0 Å². The molecule has 1 atom stereocenters. The molecule has 1 unspecified atom stereocenters. The molecule has 0 aromatic rings. The second-order valence-corrected chi connectivity index (χ2v) is 4.19.